The lowest BCUT2D eigenvalue weighted by Crippen LogP contribution is -2.37. The summed E-state index contributed by atoms with van der Waals surface area (Å²) in [4.78, 5) is 0. The van der Waals surface area contributed by atoms with Gasteiger partial charge in [0, 0.05) is 12.1 Å². The van der Waals surface area contributed by atoms with Crippen molar-refractivity contribution < 1.29 is 9.84 Å². The summed E-state index contributed by atoms with van der Waals surface area (Å²) in [6.45, 7) is 2.13. The van der Waals surface area contributed by atoms with Gasteiger partial charge >= 0.3 is 0 Å². The third-order valence-corrected chi connectivity index (χ3v) is 3.56. The standard InChI is InChI=1S/C14H21NO2/c1-10(15-13-4-3-5-14(13)16)11-6-8-12(17-2)9-7-11/h6-10,13-16H,3-5H2,1-2H3/t10-,13?,14?/m1/s1. The van der Waals surface area contributed by atoms with Gasteiger partial charge in [0.25, 0.3) is 0 Å². The fraction of sp³-hybridized carbons (Fsp3) is 0.571. The summed E-state index contributed by atoms with van der Waals surface area (Å²) in [6.07, 6.45) is 2.93. The lowest BCUT2D eigenvalue weighted by Gasteiger charge is -2.22. The van der Waals surface area contributed by atoms with E-state index in [1.54, 1.807) is 7.11 Å². The van der Waals surface area contributed by atoms with Gasteiger partial charge in [-0.2, -0.15) is 0 Å². The molecule has 0 heterocycles. The molecule has 17 heavy (non-hydrogen) atoms. The largest absolute Gasteiger partial charge is 0.497 e. The highest BCUT2D eigenvalue weighted by Crippen LogP contribution is 2.23. The molecule has 1 aliphatic carbocycles. The Morgan fingerprint density at radius 3 is 2.53 bits per heavy atom. The van der Waals surface area contributed by atoms with Crippen LogP contribution >= 0.6 is 0 Å². The molecule has 1 aromatic rings. The minimum absolute atomic E-state index is 0.185. The first-order valence-electron chi connectivity index (χ1n) is 6.29. The van der Waals surface area contributed by atoms with Crippen LogP contribution in [0.15, 0.2) is 24.3 Å². The van der Waals surface area contributed by atoms with E-state index in [9.17, 15) is 5.11 Å². The van der Waals surface area contributed by atoms with Crippen LogP contribution in [0.1, 0.15) is 37.8 Å². The topological polar surface area (TPSA) is 41.5 Å². The fourth-order valence-electron chi connectivity index (χ4n) is 2.44. The Bertz CT molecular complexity index is 350. The van der Waals surface area contributed by atoms with Crippen LogP contribution in [0.4, 0.5) is 0 Å². The summed E-state index contributed by atoms with van der Waals surface area (Å²) < 4.78 is 5.14. The normalized spacial score (nSPS) is 25.8. The van der Waals surface area contributed by atoms with Gasteiger partial charge in [-0.3, -0.25) is 0 Å². The molecule has 3 heteroatoms. The predicted octanol–water partition coefficient (Wildman–Crippen LogP) is 2.26. The predicted molar refractivity (Wildman–Crippen MR) is 68.2 cm³/mol. The van der Waals surface area contributed by atoms with E-state index in [2.05, 4.69) is 24.4 Å². The first-order valence-corrected chi connectivity index (χ1v) is 6.29. The average molecular weight is 235 g/mol. The van der Waals surface area contributed by atoms with Crippen molar-refractivity contribution in [2.24, 2.45) is 0 Å². The minimum atomic E-state index is -0.185. The Balaban J connectivity index is 1.96. The smallest absolute Gasteiger partial charge is 0.118 e. The summed E-state index contributed by atoms with van der Waals surface area (Å²) in [5.74, 6) is 0.877. The molecule has 0 spiro atoms. The number of rotatable bonds is 4. The van der Waals surface area contributed by atoms with E-state index in [4.69, 9.17) is 4.74 Å². The number of hydrogen-bond acceptors (Lipinski definition) is 3. The molecular weight excluding hydrogens is 214 g/mol. The Labute approximate surface area is 103 Å². The average Bonchev–Trinajstić information content (AvgIpc) is 2.75. The van der Waals surface area contributed by atoms with Gasteiger partial charge in [0.2, 0.25) is 0 Å². The number of ether oxygens (including phenoxy) is 1. The first-order chi connectivity index (χ1) is 8.20. The molecule has 1 aromatic carbocycles. The molecule has 0 aliphatic heterocycles. The van der Waals surface area contributed by atoms with E-state index < -0.39 is 0 Å². The van der Waals surface area contributed by atoms with Crippen molar-refractivity contribution in [3.05, 3.63) is 29.8 Å². The number of nitrogens with one attached hydrogen (secondary N) is 1. The number of aliphatic hydroxyl groups is 1. The Hall–Kier alpha value is -1.06. The van der Waals surface area contributed by atoms with Crippen molar-refractivity contribution in [1.82, 2.24) is 5.32 Å². The number of aliphatic hydroxyl groups excluding tert-OH is 1. The second-order valence-corrected chi connectivity index (χ2v) is 4.77. The van der Waals surface area contributed by atoms with Crippen LogP contribution in [0, 0.1) is 0 Å². The van der Waals surface area contributed by atoms with Crippen molar-refractivity contribution in [3.8, 4) is 5.75 Å². The van der Waals surface area contributed by atoms with Crippen LogP contribution in [0.2, 0.25) is 0 Å². The molecule has 2 rings (SSSR count). The van der Waals surface area contributed by atoms with Gasteiger partial charge < -0.3 is 15.2 Å². The van der Waals surface area contributed by atoms with Crippen molar-refractivity contribution in [3.63, 3.8) is 0 Å². The van der Waals surface area contributed by atoms with Gasteiger partial charge in [0.05, 0.1) is 13.2 Å². The summed E-state index contributed by atoms with van der Waals surface area (Å²) >= 11 is 0. The van der Waals surface area contributed by atoms with Crippen LogP contribution in [-0.4, -0.2) is 24.4 Å². The second kappa shape index (κ2) is 5.52. The Morgan fingerprint density at radius 1 is 1.29 bits per heavy atom. The molecule has 1 fully saturated rings. The van der Waals surface area contributed by atoms with E-state index in [0.29, 0.717) is 0 Å². The highest BCUT2D eigenvalue weighted by atomic mass is 16.5. The van der Waals surface area contributed by atoms with Gasteiger partial charge in [0.1, 0.15) is 5.75 Å². The summed E-state index contributed by atoms with van der Waals surface area (Å²) in [5.41, 5.74) is 1.23. The van der Waals surface area contributed by atoms with E-state index in [-0.39, 0.29) is 18.2 Å². The highest BCUT2D eigenvalue weighted by molar-refractivity contribution is 5.28. The molecule has 0 radical (unpaired) electrons. The van der Waals surface area contributed by atoms with Gasteiger partial charge in [-0.05, 0) is 43.9 Å². The van der Waals surface area contributed by atoms with E-state index >= 15 is 0 Å². The van der Waals surface area contributed by atoms with Crippen molar-refractivity contribution in [2.75, 3.05) is 7.11 Å². The Kier molecular flexibility index (Phi) is 4.02. The molecule has 2 unspecified atom stereocenters. The van der Waals surface area contributed by atoms with Crippen molar-refractivity contribution in [1.29, 1.82) is 0 Å². The molecule has 0 saturated heterocycles. The van der Waals surface area contributed by atoms with Crippen molar-refractivity contribution in [2.45, 2.75) is 44.4 Å². The Morgan fingerprint density at radius 2 is 2.00 bits per heavy atom. The third kappa shape index (κ3) is 2.99. The van der Waals surface area contributed by atoms with Crippen molar-refractivity contribution >= 4 is 0 Å². The highest BCUT2D eigenvalue weighted by Gasteiger charge is 2.26. The SMILES string of the molecule is COc1ccc([C@@H](C)NC2CCCC2O)cc1. The van der Waals surface area contributed by atoms with Gasteiger partial charge in [0.15, 0.2) is 0 Å². The number of methoxy groups -OCH3 is 1. The number of benzene rings is 1. The summed E-state index contributed by atoms with van der Waals surface area (Å²) in [7, 11) is 1.67. The lowest BCUT2D eigenvalue weighted by atomic mass is 10.1. The zero-order valence-corrected chi connectivity index (χ0v) is 10.5. The van der Waals surface area contributed by atoms with Crippen LogP contribution < -0.4 is 10.1 Å². The lowest BCUT2D eigenvalue weighted by molar-refractivity contribution is 0.144. The fourth-order valence-corrected chi connectivity index (χ4v) is 2.44. The molecule has 1 aliphatic rings. The second-order valence-electron chi connectivity index (χ2n) is 4.77. The molecule has 0 amide bonds. The zero-order chi connectivity index (χ0) is 12.3. The van der Waals surface area contributed by atoms with E-state index in [1.165, 1.54) is 5.56 Å². The molecular formula is C14H21NO2. The van der Waals surface area contributed by atoms with Gasteiger partial charge in [-0.15, -0.1) is 0 Å². The molecule has 3 nitrogen and oxygen atoms in total. The van der Waals surface area contributed by atoms with Crippen LogP contribution in [-0.2, 0) is 0 Å². The monoisotopic (exact) mass is 235 g/mol. The van der Waals surface area contributed by atoms with E-state index in [0.717, 1.165) is 25.0 Å². The maximum atomic E-state index is 9.78. The zero-order valence-electron chi connectivity index (χ0n) is 10.5. The van der Waals surface area contributed by atoms with Gasteiger partial charge in [-0.1, -0.05) is 12.1 Å². The number of hydrogen-bond donors (Lipinski definition) is 2. The minimum Gasteiger partial charge on any atom is -0.497 e. The molecule has 0 aromatic heterocycles. The molecule has 2 N–H and O–H groups in total. The van der Waals surface area contributed by atoms with Crippen LogP contribution in [0.5, 0.6) is 5.75 Å². The summed E-state index contributed by atoms with van der Waals surface area (Å²) in [5, 5.41) is 13.3. The molecule has 3 atom stereocenters. The maximum Gasteiger partial charge on any atom is 0.118 e. The van der Waals surface area contributed by atoms with E-state index in [1.807, 2.05) is 12.1 Å². The van der Waals surface area contributed by atoms with Gasteiger partial charge in [-0.25, -0.2) is 0 Å². The molecule has 94 valence electrons. The summed E-state index contributed by atoms with van der Waals surface area (Å²) in [6, 6.07) is 8.58. The molecule has 1 saturated carbocycles. The maximum absolute atomic E-state index is 9.78. The first kappa shape index (κ1) is 12.4. The quantitative estimate of drug-likeness (QED) is 0.841. The third-order valence-electron chi connectivity index (χ3n) is 3.56. The van der Waals surface area contributed by atoms with Crippen LogP contribution in [0.3, 0.4) is 0 Å². The van der Waals surface area contributed by atoms with Crippen LogP contribution in [0.25, 0.3) is 0 Å². The molecule has 0 bridgehead atoms.